The summed E-state index contributed by atoms with van der Waals surface area (Å²) in [5.74, 6) is -0.741. The fraction of sp³-hybridized carbons (Fsp3) is 0.240. The van der Waals surface area contributed by atoms with Crippen LogP contribution >= 0.6 is 0 Å². The number of hydrogen-bond donors (Lipinski definition) is 1. The van der Waals surface area contributed by atoms with Gasteiger partial charge in [0.15, 0.2) is 0 Å². The van der Waals surface area contributed by atoms with Crippen LogP contribution in [-0.2, 0) is 6.54 Å². The molecule has 0 unspecified atom stereocenters. The number of halogens is 1. The Morgan fingerprint density at radius 2 is 1.82 bits per heavy atom. The number of nitrogens with zero attached hydrogens (tertiary/aromatic N) is 5. The molecule has 3 heterocycles. The average Bonchev–Trinajstić information content (AvgIpc) is 3.29. The minimum atomic E-state index is -0.439. The molecule has 0 spiro atoms. The summed E-state index contributed by atoms with van der Waals surface area (Å²) in [6.07, 6.45) is 6.60. The number of pyridine rings is 1. The quantitative estimate of drug-likeness (QED) is 0.467. The van der Waals surface area contributed by atoms with Crippen LogP contribution in [0.15, 0.2) is 55.1 Å². The predicted molar refractivity (Wildman–Crippen MR) is 124 cm³/mol. The van der Waals surface area contributed by atoms with Crippen molar-refractivity contribution in [3.8, 4) is 22.5 Å². The van der Waals surface area contributed by atoms with Crippen LogP contribution in [0.25, 0.3) is 22.5 Å². The fourth-order valence-electron chi connectivity index (χ4n) is 3.53. The highest BCUT2D eigenvalue weighted by molar-refractivity contribution is 5.97. The van der Waals surface area contributed by atoms with Crippen LogP contribution in [0.3, 0.4) is 0 Å². The molecular formula is C25H25FN6O. The van der Waals surface area contributed by atoms with Crippen LogP contribution in [0.4, 0.5) is 4.39 Å². The van der Waals surface area contributed by atoms with Gasteiger partial charge in [0.25, 0.3) is 5.91 Å². The molecule has 4 rings (SSSR count). The van der Waals surface area contributed by atoms with E-state index in [0.717, 1.165) is 22.5 Å². The first-order valence-electron chi connectivity index (χ1n) is 10.7. The molecule has 4 aromatic rings. The van der Waals surface area contributed by atoms with Gasteiger partial charge in [-0.3, -0.25) is 24.4 Å². The lowest BCUT2D eigenvalue weighted by Crippen LogP contribution is -2.23. The smallest absolute Gasteiger partial charge is 0.251 e. The Labute approximate surface area is 191 Å². The summed E-state index contributed by atoms with van der Waals surface area (Å²) < 4.78 is 16.6. The summed E-state index contributed by atoms with van der Waals surface area (Å²) in [6.45, 7) is 7.91. The summed E-state index contributed by atoms with van der Waals surface area (Å²) in [4.78, 5) is 25.8. The number of aromatic nitrogens is 5. The summed E-state index contributed by atoms with van der Waals surface area (Å²) in [7, 11) is 0. The second-order valence-electron chi connectivity index (χ2n) is 8.23. The summed E-state index contributed by atoms with van der Waals surface area (Å²) in [5.41, 5.74) is 4.85. The molecule has 0 aliphatic rings. The van der Waals surface area contributed by atoms with E-state index in [2.05, 4.69) is 25.4 Å². The third-order valence-corrected chi connectivity index (χ3v) is 5.17. The normalized spacial score (nSPS) is 11.1. The Hall–Kier alpha value is -3.94. The Bertz CT molecular complexity index is 1300. The van der Waals surface area contributed by atoms with Crippen LogP contribution in [0.1, 0.15) is 47.2 Å². The van der Waals surface area contributed by atoms with Crippen LogP contribution in [0, 0.1) is 19.7 Å². The molecule has 0 aliphatic heterocycles. The van der Waals surface area contributed by atoms with Crippen molar-refractivity contribution in [2.24, 2.45) is 0 Å². The SMILES string of the molecule is Cc1cnc(-c2cc(C(=O)NCc3cnc(C)cn3)cc(-c3ccnn3C(C)C)c2)c(F)c1. The summed E-state index contributed by atoms with van der Waals surface area (Å²) >= 11 is 0. The number of carbonyl (C=O) groups excluding carboxylic acids is 1. The van der Waals surface area contributed by atoms with Gasteiger partial charge in [0, 0.05) is 41.3 Å². The van der Waals surface area contributed by atoms with Crippen LogP contribution in [0.5, 0.6) is 0 Å². The highest BCUT2D eigenvalue weighted by Gasteiger charge is 2.17. The molecule has 3 aromatic heterocycles. The van der Waals surface area contributed by atoms with Gasteiger partial charge >= 0.3 is 0 Å². The molecule has 0 saturated carbocycles. The van der Waals surface area contributed by atoms with Gasteiger partial charge < -0.3 is 5.32 Å². The molecule has 168 valence electrons. The third kappa shape index (κ3) is 4.95. The fourth-order valence-corrected chi connectivity index (χ4v) is 3.53. The van der Waals surface area contributed by atoms with Crippen LogP contribution in [-0.4, -0.2) is 30.6 Å². The van der Waals surface area contributed by atoms with E-state index in [4.69, 9.17) is 0 Å². The zero-order valence-electron chi connectivity index (χ0n) is 19.0. The number of hydrogen-bond acceptors (Lipinski definition) is 5. The molecule has 0 atom stereocenters. The minimum absolute atomic E-state index is 0.116. The molecule has 0 aliphatic carbocycles. The van der Waals surface area contributed by atoms with E-state index < -0.39 is 5.82 Å². The molecular weight excluding hydrogens is 419 g/mol. The predicted octanol–water partition coefficient (Wildman–Crippen LogP) is 4.67. The second kappa shape index (κ2) is 9.28. The first-order chi connectivity index (χ1) is 15.8. The van der Waals surface area contributed by atoms with E-state index >= 15 is 0 Å². The zero-order valence-corrected chi connectivity index (χ0v) is 19.0. The molecule has 8 heteroatoms. The van der Waals surface area contributed by atoms with Crippen molar-refractivity contribution in [2.75, 3.05) is 0 Å². The Morgan fingerprint density at radius 1 is 1.03 bits per heavy atom. The summed E-state index contributed by atoms with van der Waals surface area (Å²) in [6, 6.07) is 8.69. The minimum Gasteiger partial charge on any atom is -0.346 e. The molecule has 33 heavy (non-hydrogen) atoms. The maximum atomic E-state index is 14.8. The lowest BCUT2D eigenvalue weighted by molar-refractivity contribution is 0.0950. The van der Waals surface area contributed by atoms with Gasteiger partial charge in [-0.1, -0.05) is 0 Å². The van der Waals surface area contributed by atoms with Crippen molar-refractivity contribution in [1.29, 1.82) is 0 Å². The van der Waals surface area contributed by atoms with Gasteiger partial charge in [-0.2, -0.15) is 5.10 Å². The Morgan fingerprint density at radius 3 is 2.52 bits per heavy atom. The summed E-state index contributed by atoms with van der Waals surface area (Å²) in [5, 5.41) is 7.26. The van der Waals surface area contributed by atoms with Gasteiger partial charge in [-0.05, 0) is 63.6 Å². The average molecular weight is 445 g/mol. The molecule has 0 radical (unpaired) electrons. The topological polar surface area (TPSA) is 85.6 Å². The zero-order chi connectivity index (χ0) is 23.5. The molecule has 1 aromatic carbocycles. The monoisotopic (exact) mass is 444 g/mol. The lowest BCUT2D eigenvalue weighted by atomic mass is 10.00. The van der Waals surface area contributed by atoms with Gasteiger partial charge in [-0.15, -0.1) is 0 Å². The molecule has 7 nitrogen and oxygen atoms in total. The van der Waals surface area contributed by atoms with Gasteiger partial charge in [0.2, 0.25) is 0 Å². The molecule has 0 bridgehead atoms. The van der Waals surface area contributed by atoms with Crippen molar-refractivity contribution in [1.82, 2.24) is 30.0 Å². The number of carbonyl (C=O) groups is 1. The van der Waals surface area contributed by atoms with Crippen LogP contribution < -0.4 is 5.32 Å². The Kier molecular flexibility index (Phi) is 6.26. The van der Waals surface area contributed by atoms with Gasteiger partial charge in [-0.25, -0.2) is 4.39 Å². The lowest BCUT2D eigenvalue weighted by Gasteiger charge is -2.14. The molecule has 0 fully saturated rings. The highest BCUT2D eigenvalue weighted by Crippen LogP contribution is 2.30. The van der Waals surface area contributed by atoms with Crippen molar-refractivity contribution >= 4 is 5.91 Å². The van der Waals surface area contributed by atoms with E-state index in [1.165, 1.54) is 6.07 Å². The first kappa shape index (κ1) is 22.3. The second-order valence-corrected chi connectivity index (χ2v) is 8.23. The number of aryl methyl sites for hydroxylation is 2. The number of nitrogens with one attached hydrogen (secondary N) is 1. The Balaban J connectivity index is 1.74. The number of amides is 1. The maximum Gasteiger partial charge on any atom is 0.251 e. The standard InChI is InChI=1S/C25H25FN6O/c1-15(2)32-23(5-6-31-32)18-8-19(24-22(26)7-16(3)11-29-24)10-20(9-18)25(33)30-14-21-13-27-17(4)12-28-21/h5-13,15H,14H2,1-4H3,(H,30,33). The molecule has 0 saturated heterocycles. The van der Waals surface area contributed by atoms with E-state index in [-0.39, 0.29) is 24.2 Å². The highest BCUT2D eigenvalue weighted by atomic mass is 19.1. The van der Waals surface area contributed by atoms with Gasteiger partial charge in [0.05, 0.1) is 29.8 Å². The third-order valence-electron chi connectivity index (χ3n) is 5.17. The van der Waals surface area contributed by atoms with Crippen LogP contribution in [0.2, 0.25) is 0 Å². The van der Waals surface area contributed by atoms with E-state index in [1.54, 1.807) is 43.8 Å². The van der Waals surface area contributed by atoms with Gasteiger partial charge in [0.1, 0.15) is 11.5 Å². The molecule has 1 amide bonds. The van der Waals surface area contributed by atoms with Crippen molar-refractivity contribution in [2.45, 2.75) is 40.3 Å². The van der Waals surface area contributed by atoms with E-state index in [1.807, 2.05) is 37.6 Å². The van der Waals surface area contributed by atoms with Crippen molar-refractivity contribution < 1.29 is 9.18 Å². The van der Waals surface area contributed by atoms with Crippen molar-refractivity contribution in [3.05, 3.63) is 83.5 Å². The number of benzene rings is 1. The largest absolute Gasteiger partial charge is 0.346 e. The van der Waals surface area contributed by atoms with E-state index in [9.17, 15) is 9.18 Å². The maximum absolute atomic E-state index is 14.8. The van der Waals surface area contributed by atoms with Crippen molar-refractivity contribution in [3.63, 3.8) is 0 Å². The molecule has 1 N–H and O–H groups in total. The van der Waals surface area contributed by atoms with E-state index in [0.29, 0.717) is 16.8 Å². The number of rotatable bonds is 6. The first-order valence-corrected chi connectivity index (χ1v) is 10.7.